The Hall–Kier alpha value is -0.490. The van der Waals surface area contributed by atoms with E-state index in [1.165, 1.54) is 6.07 Å². The molecule has 5 heteroatoms. The van der Waals surface area contributed by atoms with Gasteiger partial charge in [-0.15, -0.1) is 0 Å². The zero-order chi connectivity index (χ0) is 10.7. The highest BCUT2D eigenvalue weighted by Crippen LogP contribution is 2.28. The lowest BCUT2D eigenvalue weighted by Crippen LogP contribution is -2.01. The molecule has 14 heavy (non-hydrogen) atoms. The molecule has 1 aromatic carbocycles. The summed E-state index contributed by atoms with van der Waals surface area (Å²) in [6.07, 6.45) is 0. The van der Waals surface area contributed by atoms with E-state index in [1.54, 1.807) is 6.07 Å². The van der Waals surface area contributed by atoms with Gasteiger partial charge in [0.15, 0.2) is 0 Å². The zero-order valence-electron chi connectivity index (χ0n) is 7.38. The van der Waals surface area contributed by atoms with Crippen molar-refractivity contribution < 1.29 is 14.6 Å². The van der Waals surface area contributed by atoms with Crippen molar-refractivity contribution in [3.05, 3.63) is 26.3 Å². The third-order valence-electron chi connectivity index (χ3n) is 1.55. The third-order valence-corrected chi connectivity index (χ3v) is 2.71. The summed E-state index contributed by atoms with van der Waals surface area (Å²) in [5.41, 5.74) is 0.0653. The highest BCUT2D eigenvalue weighted by atomic mass is 127. The number of carboxylic acid groups (broad SMARTS) is 1. The highest BCUT2D eigenvalue weighted by molar-refractivity contribution is 14.1. The van der Waals surface area contributed by atoms with Gasteiger partial charge in [0.05, 0.1) is 20.8 Å². The van der Waals surface area contributed by atoms with Crippen LogP contribution in [0.2, 0.25) is 5.02 Å². The molecule has 1 aromatic rings. The highest BCUT2D eigenvalue weighted by Gasteiger charge is 2.12. The predicted molar refractivity (Wildman–Crippen MR) is 62.3 cm³/mol. The maximum atomic E-state index is 10.7. The van der Waals surface area contributed by atoms with E-state index >= 15 is 0 Å². The molecule has 1 N–H and O–H groups in total. The van der Waals surface area contributed by atoms with Crippen molar-refractivity contribution in [2.24, 2.45) is 0 Å². The lowest BCUT2D eigenvalue weighted by Gasteiger charge is -2.07. The minimum Gasteiger partial charge on any atom is -0.493 e. The summed E-state index contributed by atoms with van der Waals surface area (Å²) in [5, 5.41) is 9.03. The third kappa shape index (κ3) is 2.51. The summed E-state index contributed by atoms with van der Waals surface area (Å²) in [6.45, 7) is 2.34. The fourth-order valence-corrected chi connectivity index (χ4v) is 2.01. The number of hydrogen-bond acceptors (Lipinski definition) is 2. The Morgan fingerprint density at radius 2 is 2.29 bits per heavy atom. The molecule has 76 valence electrons. The molecule has 0 aliphatic rings. The van der Waals surface area contributed by atoms with Crippen LogP contribution in [0.15, 0.2) is 12.1 Å². The first-order valence-corrected chi connectivity index (χ1v) is 5.37. The van der Waals surface area contributed by atoms with Crippen LogP contribution in [-0.2, 0) is 0 Å². The lowest BCUT2D eigenvalue weighted by atomic mass is 10.2. The molecule has 0 aliphatic heterocycles. The van der Waals surface area contributed by atoms with Crippen molar-refractivity contribution in [2.75, 3.05) is 6.61 Å². The summed E-state index contributed by atoms with van der Waals surface area (Å²) >= 11 is 7.80. The number of aromatic carboxylic acids is 1. The van der Waals surface area contributed by atoms with E-state index in [0.717, 1.165) is 3.57 Å². The summed E-state index contributed by atoms with van der Waals surface area (Å²) in [5.74, 6) is -0.498. The summed E-state index contributed by atoms with van der Waals surface area (Å²) in [4.78, 5) is 10.7. The van der Waals surface area contributed by atoms with Gasteiger partial charge in [-0.25, -0.2) is 4.79 Å². The molecule has 0 bridgehead atoms. The molecular weight excluding hydrogens is 318 g/mol. The standard InChI is InChI=1S/C9H8ClIO3/c1-2-14-8-3-5(9(12)13)6(10)4-7(8)11/h3-4H,2H2,1H3,(H,12,13). The maximum Gasteiger partial charge on any atom is 0.337 e. The monoisotopic (exact) mass is 326 g/mol. The summed E-state index contributed by atoms with van der Waals surface area (Å²) in [6, 6.07) is 3.02. The van der Waals surface area contributed by atoms with E-state index < -0.39 is 5.97 Å². The Balaban J connectivity index is 3.20. The van der Waals surface area contributed by atoms with Crippen molar-refractivity contribution >= 4 is 40.2 Å². The average molecular weight is 327 g/mol. The number of hydrogen-bond donors (Lipinski definition) is 1. The normalized spacial score (nSPS) is 9.93. The van der Waals surface area contributed by atoms with Gasteiger partial charge in [0, 0.05) is 0 Å². The molecule has 0 atom stereocenters. The molecule has 0 fully saturated rings. The fourth-order valence-electron chi connectivity index (χ4n) is 0.959. The molecular formula is C9H8ClIO3. The van der Waals surface area contributed by atoms with Gasteiger partial charge in [0.25, 0.3) is 0 Å². The number of rotatable bonds is 3. The largest absolute Gasteiger partial charge is 0.493 e. The molecule has 0 aliphatic carbocycles. The van der Waals surface area contributed by atoms with Gasteiger partial charge >= 0.3 is 5.97 Å². The minimum atomic E-state index is -1.05. The lowest BCUT2D eigenvalue weighted by molar-refractivity contribution is 0.0696. The van der Waals surface area contributed by atoms with Gasteiger partial charge in [0.2, 0.25) is 0 Å². The molecule has 1 rings (SSSR count). The van der Waals surface area contributed by atoms with Crippen molar-refractivity contribution in [3.63, 3.8) is 0 Å². The van der Waals surface area contributed by atoms with Crippen LogP contribution in [0, 0.1) is 3.57 Å². The first-order chi connectivity index (χ1) is 6.56. The van der Waals surface area contributed by atoms with Crippen molar-refractivity contribution in [3.8, 4) is 5.75 Å². The summed E-state index contributed by atoms with van der Waals surface area (Å²) in [7, 11) is 0. The van der Waals surface area contributed by atoms with Gasteiger partial charge in [-0.2, -0.15) is 0 Å². The van der Waals surface area contributed by atoms with Gasteiger partial charge < -0.3 is 9.84 Å². The Labute approximate surface area is 100 Å². The Morgan fingerprint density at radius 3 is 2.79 bits per heavy atom. The number of ether oxygens (including phenoxy) is 1. The number of halogens is 2. The maximum absolute atomic E-state index is 10.7. The number of carboxylic acids is 1. The van der Waals surface area contributed by atoms with E-state index in [0.29, 0.717) is 12.4 Å². The van der Waals surface area contributed by atoms with E-state index in [9.17, 15) is 4.79 Å². The molecule has 0 amide bonds. The van der Waals surface area contributed by atoms with Crippen molar-refractivity contribution in [1.82, 2.24) is 0 Å². The van der Waals surface area contributed by atoms with Crippen LogP contribution in [0.5, 0.6) is 5.75 Å². The van der Waals surface area contributed by atoms with Crippen LogP contribution in [0.1, 0.15) is 17.3 Å². The molecule has 0 saturated carbocycles. The van der Waals surface area contributed by atoms with E-state index in [1.807, 2.05) is 29.5 Å². The smallest absolute Gasteiger partial charge is 0.337 e. The van der Waals surface area contributed by atoms with Gasteiger partial charge in [-0.1, -0.05) is 11.6 Å². The molecule has 0 unspecified atom stereocenters. The van der Waals surface area contributed by atoms with Crippen LogP contribution < -0.4 is 4.74 Å². The Bertz CT molecular complexity index is 365. The summed E-state index contributed by atoms with van der Waals surface area (Å²) < 4.78 is 6.06. The van der Waals surface area contributed by atoms with Crippen LogP contribution in [0.25, 0.3) is 0 Å². The SMILES string of the molecule is CCOc1cc(C(=O)O)c(Cl)cc1I. The Kier molecular flexibility index (Phi) is 4.00. The minimum absolute atomic E-state index is 0.0653. The molecule has 0 aromatic heterocycles. The fraction of sp³-hybridized carbons (Fsp3) is 0.222. The van der Waals surface area contributed by atoms with Crippen molar-refractivity contribution in [2.45, 2.75) is 6.92 Å². The van der Waals surface area contributed by atoms with Gasteiger partial charge in [-0.05, 0) is 41.6 Å². The first kappa shape index (κ1) is 11.6. The van der Waals surface area contributed by atoms with E-state index in [4.69, 9.17) is 21.4 Å². The van der Waals surface area contributed by atoms with Gasteiger partial charge in [-0.3, -0.25) is 0 Å². The number of benzene rings is 1. The van der Waals surface area contributed by atoms with Crippen LogP contribution >= 0.6 is 34.2 Å². The zero-order valence-corrected chi connectivity index (χ0v) is 10.3. The average Bonchev–Trinajstić information content (AvgIpc) is 2.09. The van der Waals surface area contributed by atoms with E-state index in [2.05, 4.69) is 0 Å². The Morgan fingerprint density at radius 1 is 1.64 bits per heavy atom. The molecule has 0 heterocycles. The molecule has 0 spiro atoms. The predicted octanol–water partition coefficient (Wildman–Crippen LogP) is 3.04. The number of carbonyl (C=O) groups is 1. The second-order valence-electron chi connectivity index (χ2n) is 2.50. The second-order valence-corrected chi connectivity index (χ2v) is 4.07. The molecule has 3 nitrogen and oxygen atoms in total. The van der Waals surface area contributed by atoms with Crippen LogP contribution in [-0.4, -0.2) is 17.7 Å². The van der Waals surface area contributed by atoms with Crippen LogP contribution in [0.4, 0.5) is 0 Å². The van der Waals surface area contributed by atoms with Gasteiger partial charge in [0.1, 0.15) is 5.75 Å². The van der Waals surface area contributed by atoms with Crippen molar-refractivity contribution in [1.29, 1.82) is 0 Å². The molecule has 0 saturated heterocycles. The quantitative estimate of drug-likeness (QED) is 0.869. The van der Waals surface area contributed by atoms with Crippen LogP contribution in [0.3, 0.4) is 0 Å². The topological polar surface area (TPSA) is 46.5 Å². The molecule has 0 radical (unpaired) electrons. The second kappa shape index (κ2) is 4.84. The van der Waals surface area contributed by atoms with E-state index in [-0.39, 0.29) is 10.6 Å². The first-order valence-electron chi connectivity index (χ1n) is 3.91.